The zero-order valence-electron chi connectivity index (χ0n) is 10.5. The van der Waals surface area contributed by atoms with Crippen molar-refractivity contribution >= 4 is 11.6 Å². The zero-order valence-corrected chi connectivity index (χ0v) is 10.5. The average Bonchev–Trinajstić information content (AvgIpc) is 3.11. The van der Waals surface area contributed by atoms with Crippen LogP contribution in [0.25, 0.3) is 0 Å². The number of nitrogens with one attached hydrogen (secondary N) is 1. The summed E-state index contributed by atoms with van der Waals surface area (Å²) in [5.41, 5.74) is 8.04. The highest BCUT2D eigenvalue weighted by Crippen LogP contribution is 2.36. The molecule has 1 amide bonds. The molecule has 0 aliphatic heterocycles. The molecule has 0 aromatic heterocycles. The number of benzene rings is 1. The molecule has 1 aliphatic rings. The number of hydrogen-bond acceptors (Lipinski definition) is 2. The molecule has 3 nitrogen and oxygen atoms in total. The molecule has 3 N–H and O–H groups in total. The molecule has 1 saturated carbocycles. The third-order valence-electron chi connectivity index (χ3n) is 3.48. The Labute approximate surface area is 102 Å². The summed E-state index contributed by atoms with van der Waals surface area (Å²) >= 11 is 0. The minimum Gasteiger partial charge on any atom is -0.382 e. The first-order valence-electron chi connectivity index (χ1n) is 6.28. The second kappa shape index (κ2) is 4.78. The van der Waals surface area contributed by atoms with Crippen molar-refractivity contribution in [2.24, 2.45) is 11.7 Å². The molecular weight excluding hydrogens is 212 g/mol. The van der Waals surface area contributed by atoms with E-state index in [0.717, 1.165) is 23.6 Å². The predicted octanol–water partition coefficient (Wildman–Crippen LogP) is 2.69. The monoisotopic (exact) mass is 232 g/mol. The van der Waals surface area contributed by atoms with Gasteiger partial charge in [0.2, 0.25) is 5.91 Å². The number of primary amides is 1. The molecule has 0 radical (unpaired) electrons. The van der Waals surface area contributed by atoms with Crippen molar-refractivity contribution in [1.82, 2.24) is 0 Å². The van der Waals surface area contributed by atoms with Crippen molar-refractivity contribution in [1.29, 1.82) is 0 Å². The predicted molar refractivity (Wildman–Crippen MR) is 70.1 cm³/mol. The van der Waals surface area contributed by atoms with Gasteiger partial charge < -0.3 is 11.1 Å². The molecule has 1 aromatic carbocycles. The second-order valence-corrected chi connectivity index (χ2v) is 4.89. The van der Waals surface area contributed by atoms with Crippen molar-refractivity contribution in [2.45, 2.75) is 39.2 Å². The second-order valence-electron chi connectivity index (χ2n) is 4.89. The number of amides is 1. The Morgan fingerprint density at radius 1 is 1.53 bits per heavy atom. The molecule has 1 atom stereocenters. The van der Waals surface area contributed by atoms with E-state index in [-0.39, 0.29) is 5.91 Å². The fourth-order valence-electron chi connectivity index (χ4n) is 2.23. The molecule has 1 aromatic rings. The first-order chi connectivity index (χ1) is 8.11. The Hall–Kier alpha value is -1.51. The minimum atomic E-state index is -0.367. The number of rotatable bonds is 5. The molecule has 0 saturated heterocycles. The fourth-order valence-corrected chi connectivity index (χ4v) is 2.23. The quantitative estimate of drug-likeness (QED) is 0.820. The van der Waals surface area contributed by atoms with Gasteiger partial charge in [0.25, 0.3) is 0 Å². The van der Waals surface area contributed by atoms with E-state index < -0.39 is 0 Å². The Balaban J connectivity index is 2.12. The number of carbonyl (C=O) groups excluding carboxylic acids is 1. The summed E-state index contributed by atoms with van der Waals surface area (Å²) < 4.78 is 0. The summed E-state index contributed by atoms with van der Waals surface area (Å²) in [7, 11) is 0. The lowest BCUT2D eigenvalue weighted by molar-refractivity contribution is 0.1000. The Bertz CT molecular complexity index is 424. The van der Waals surface area contributed by atoms with Gasteiger partial charge in [-0.05, 0) is 55.9 Å². The molecule has 1 unspecified atom stereocenters. The van der Waals surface area contributed by atoms with E-state index in [2.05, 4.69) is 12.2 Å². The van der Waals surface area contributed by atoms with Crippen molar-refractivity contribution < 1.29 is 4.79 Å². The molecule has 17 heavy (non-hydrogen) atoms. The summed E-state index contributed by atoms with van der Waals surface area (Å²) in [4.78, 5) is 11.1. The fraction of sp³-hybridized carbons (Fsp3) is 0.500. The Morgan fingerprint density at radius 3 is 2.71 bits per heavy atom. The largest absolute Gasteiger partial charge is 0.382 e. The molecule has 2 rings (SSSR count). The van der Waals surface area contributed by atoms with Gasteiger partial charge in [-0.15, -0.1) is 0 Å². The van der Waals surface area contributed by atoms with Gasteiger partial charge in [0.05, 0.1) is 0 Å². The number of anilines is 1. The number of nitrogens with two attached hydrogens (primary N) is 1. The van der Waals surface area contributed by atoms with E-state index in [1.807, 2.05) is 19.1 Å². The van der Waals surface area contributed by atoms with E-state index in [0.29, 0.717) is 11.6 Å². The van der Waals surface area contributed by atoms with Gasteiger partial charge in [-0.25, -0.2) is 0 Å². The molecule has 3 heteroatoms. The van der Waals surface area contributed by atoms with Crippen LogP contribution < -0.4 is 11.1 Å². The summed E-state index contributed by atoms with van der Waals surface area (Å²) in [6.45, 7) is 4.22. The minimum absolute atomic E-state index is 0.367. The van der Waals surface area contributed by atoms with Gasteiger partial charge in [0.15, 0.2) is 0 Å². The van der Waals surface area contributed by atoms with Crippen LogP contribution in [0.2, 0.25) is 0 Å². The number of carbonyl (C=O) groups is 1. The van der Waals surface area contributed by atoms with Gasteiger partial charge in [-0.3, -0.25) is 4.79 Å². The summed E-state index contributed by atoms with van der Waals surface area (Å²) in [5.74, 6) is 0.462. The lowest BCUT2D eigenvalue weighted by atomic mass is 10.1. The van der Waals surface area contributed by atoms with Crippen LogP contribution in [0.3, 0.4) is 0 Å². The van der Waals surface area contributed by atoms with Crippen molar-refractivity contribution in [3.63, 3.8) is 0 Å². The van der Waals surface area contributed by atoms with E-state index in [1.54, 1.807) is 6.07 Å². The SMILES string of the molecule is CCC(Nc1ccc(C(N)=O)cc1C)C1CC1. The van der Waals surface area contributed by atoms with Crippen LogP contribution in [-0.2, 0) is 0 Å². The van der Waals surface area contributed by atoms with Gasteiger partial charge >= 0.3 is 0 Å². The van der Waals surface area contributed by atoms with Crippen molar-refractivity contribution in [3.05, 3.63) is 29.3 Å². The number of aryl methyl sites for hydroxylation is 1. The van der Waals surface area contributed by atoms with Crippen LogP contribution in [0.1, 0.15) is 42.1 Å². The van der Waals surface area contributed by atoms with Gasteiger partial charge in [-0.2, -0.15) is 0 Å². The lowest BCUT2D eigenvalue weighted by Gasteiger charge is -2.19. The third-order valence-corrected chi connectivity index (χ3v) is 3.48. The zero-order chi connectivity index (χ0) is 12.4. The van der Waals surface area contributed by atoms with Gasteiger partial charge in [-0.1, -0.05) is 6.92 Å². The molecule has 1 fully saturated rings. The van der Waals surface area contributed by atoms with E-state index in [9.17, 15) is 4.79 Å². The van der Waals surface area contributed by atoms with Gasteiger partial charge in [0, 0.05) is 17.3 Å². The molecule has 92 valence electrons. The molecule has 1 aliphatic carbocycles. The van der Waals surface area contributed by atoms with E-state index in [4.69, 9.17) is 5.73 Å². The Morgan fingerprint density at radius 2 is 2.24 bits per heavy atom. The first kappa shape index (κ1) is 12.0. The topological polar surface area (TPSA) is 55.1 Å². The van der Waals surface area contributed by atoms with Crippen LogP contribution >= 0.6 is 0 Å². The number of hydrogen-bond donors (Lipinski definition) is 2. The molecule has 0 heterocycles. The van der Waals surface area contributed by atoms with Crippen LogP contribution in [0.4, 0.5) is 5.69 Å². The maximum absolute atomic E-state index is 11.1. The average molecular weight is 232 g/mol. The molecule has 0 spiro atoms. The first-order valence-corrected chi connectivity index (χ1v) is 6.28. The van der Waals surface area contributed by atoms with Crippen LogP contribution in [0, 0.1) is 12.8 Å². The lowest BCUT2D eigenvalue weighted by Crippen LogP contribution is -2.21. The van der Waals surface area contributed by atoms with Crippen molar-refractivity contribution in [3.8, 4) is 0 Å². The van der Waals surface area contributed by atoms with E-state index >= 15 is 0 Å². The van der Waals surface area contributed by atoms with Crippen LogP contribution in [0.15, 0.2) is 18.2 Å². The summed E-state index contributed by atoms with van der Waals surface area (Å²) in [5, 5.41) is 3.57. The van der Waals surface area contributed by atoms with Crippen LogP contribution in [0.5, 0.6) is 0 Å². The third kappa shape index (κ3) is 2.78. The standard InChI is InChI=1S/C14H20N2O/c1-3-12(10-4-5-10)16-13-7-6-11(14(15)17)8-9(13)2/h6-8,10,12,16H,3-5H2,1-2H3,(H2,15,17). The summed E-state index contributed by atoms with van der Waals surface area (Å²) in [6.07, 6.45) is 3.82. The smallest absolute Gasteiger partial charge is 0.248 e. The van der Waals surface area contributed by atoms with Crippen LogP contribution in [-0.4, -0.2) is 11.9 Å². The normalized spacial score (nSPS) is 16.6. The highest BCUT2D eigenvalue weighted by Gasteiger charge is 2.29. The maximum atomic E-state index is 11.1. The Kier molecular flexibility index (Phi) is 3.36. The molecular formula is C14H20N2O. The molecule has 0 bridgehead atoms. The highest BCUT2D eigenvalue weighted by molar-refractivity contribution is 5.93. The maximum Gasteiger partial charge on any atom is 0.248 e. The van der Waals surface area contributed by atoms with Gasteiger partial charge in [0.1, 0.15) is 0 Å². The summed E-state index contributed by atoms with van der Waals surface area (Å²) in [6, 6.07) is 6.16. The highest BCUT2D eigenvalue weighted by atomic mass is 16.1. The van der Waals surface area contributed by atoms with Crippen molar-refractivity contribution in [2.75, 3.05) is 5.32 Å². The van der Waals surface area contributed by atoms with E-state index in [1.165, 1.54) is 12.8 Å².